The minimum Gasteiger partial charge on any atom is -0.493 e. The van der Waals surface area contributed by atoms with E-state index >= 15 is 0 Å². The number of nitrogens with zero attached hydrogens (tertiary/aromatic N) is 3. The minimum atomic E-state index is -0.392. The summed E-state index contributed by atoms with van der Waals surface area (Å²) in [6.45, 7) is 12.9. The van der Waals surface area contributed by atoms with Crippen LogP contribution in [0.4, 0.5) is 0 Å². The molecule has 0 fully saturated rings. The van der Waals surface area contributed by atoms with Gasteiger partial charge in [-0.25, -0.2) is 4.98 Å². The number of aromatic nitrogens is 2. The van der Waals surface area contributed by atoms with Gasteiger partial charge in [0, 0.05) is 19.9 Å². The summed E-state index contributed by atoms with van der Waals surface area (Å²) in [7, 11) is 1.60. The van der Waals surface area contributed by atoms with Crippen LogP contribution in [0.1, 0.15) is 52.9 Å². The number of hydrogen-bond acceptors (Lipinski definition) is 5. The van der Waals surface area contributed by atoms with Crippen molar-refractivity contribution >= 4 is 49.0 Å². The molecule has 0 aliphatic heterocycles. The Morgan fingerprint density at radius 2 is 1.76 bits per heavy atom. The molecular formula is C25H29Br2N3O3. The van der Waals surface area contributed by atoms with Gasteiger partial charge in [0.25, 0.3) is 5.56 Å². The van der Waals surface area contributed by atoms with E-state index in [2.05, 4.69) is 57.7 Å². The highest BCUT2D eigenvalue weighted by molar-refractivity contribution is 9.10. The Balaban J connectivity index is 2.10. The Bertz CT molecular complexity index is 1270. The zero-order valence-electron chi connectivity index (χ0n) is 20.0. The summed E-state index contributed by atoms with van der Waals surface area (Å²) in [5.74, 6) is 1.81. The fraction of sp³-hybridized carbons (Fsp3) is 0.400. The largest absolute Gasteiger partial charge is 0.493 e. The summed E-state index contributed by atoms with van der Waals surface area (Å²) in [5, 5.41) is 5.05. The molecule has 0 N–H and O–H groups in total. The molecule has 176 valence electrons. The number of halogens is 2. The molecular weight excluding hydrogens is 550 g/mol. The molecule has 0 saturated heterocycles. The number of fused-ring (bicyclic) bond motifs is 1. The zero-order chi connectivity index (χ0) is 24.6. The molecule has 0 unspecified atom stereocenters. The van der Waals surface area contributed by atoms with Gasteiger partial charge in [0.15, 0.2) is 11.5 Å². The molecule has 0 saturated carbocycles. The van der Waals surface area contributed by atoms with Crippen molar-refractivity contribution in [3.63, 3.8) is 0 Å². The number of methoxy groups -OCH3 is 1. The average Bonchev–Trinajstić information content (AvgIpc) is 2.71. The Morgan fingerprint density at radius 3 is 2.36 bits per heavy atom. The van der Waals surface area contributed by atoms with Gasteiger partial charge in [-0.1, -0.05) is 57.5 Å². The first kappa shape index (κ1) is 25.4. The molecule has 1 heterocycles. The molecule has 0 aliphatic carbocycles. The van der Waals surface area contributed by atoms with E-state index in [0.717, 1.165) is 14.5 Å². The SMILES string of the molecule is COc1cc(C=Nn2c(C(C)(C)C)nc3ccc(Br)cc3c2=O)c(Br)cc1OCC(C)(C)C. The highest BCUT2D eigenvalue weighted by Gasteiger charge is 2.23. The smallest absolute Gasteiger partial charge is 0.282 e. The van der Waals surface area contributed by atoms with Crippen LogP contribution in [0.25, 0.3) is 10.9 Å². The molecule has 0 amide bonds. The van der Waals surface area contributed by atoms with Crippen molar-refractivity contribution in [1.29, 1.82) is 0 Å². The molecule has 1 aromatic heterocycles. The molecule has 8 heteroatoms. The Kier molecular flexibility index (Phi) is 7.39. The Labute approximate surface area is 211 Å². The highest BCUT2D eigenvalue weighted by atomic mass is 79.9. The van der Waals surface area contributed by atoms with Gasteiger partial charge in [0.05, 0.1) is 30.8 Å². The van der Waals surface area contributed by atoms with Gasteiger partial charge in [-0.3, -0.25) is 4.79 Å². The van der Waals surface area contributed by atoms with Crippen LogP contribution in [-0.2, 0) is 5.41 Å². The topological polar surface area (TPSA) is 65.7 Å². The predicted molar refractivity (Wildman–Crippen MR) is 141 cm³/mol. The van der Waals surface area contributed by atoms with E-state index < -0.39 is 5.41 Å². The zero-order valence-corrected chi connectivity index (χ0v) is 23.2. The van der Waals surface area contributed by atoms with Crippen molar-refractivity contribution in [1.82, 2.24) is 9.66 Å². The Hall–Kier alpha value is -2.19. The van der Waals surface area contributed by atoms with Gasteiger partial charge in [-0.05, 0) is 51.7 Å². The van der Waals surface area contributed by atoms with E-state index in [-0.39, 0.29) is 11.0 Å². The second-order valence-electron chi connectivity index (χ2n) is 10.1. The van der Waals surface area contributed by atoms with Crippen LogP contribution in [0, 0.1) is 5.41 Å². The molecule has 3 rings (SSSR count). The molecule has 2 aromatic carbocycles. The van der Waals surface area contributed by atoms with Crippen molar-refractivity contribution in [2.24, 2.45) is 10.5 Å². The van der Waals surface area contributed by atoms with Gasteiger partial charge < -0.3 is 9.47 Å². The number of ether oxygens (including phenoxy) is 2. The molecule has 0 radical (unpaired) electrons. The maximum absolute atomic E-state index is 13.3. The minimum absolute atomic E-state index is 0.0141. The summed E-state index contributed by atoms with van der Waals surface area (Å²) >= 11 is 7.03. The van der Waals surface area contributed by atoms with E-state index in [0.29, 0.717) is 34.8 Å². The van der Waals surface area contributed by atoms with Crippen LogP contribution < -0.4 is 15.0 Å². The molecule has 6 nitrogen and oxygen atoms in total. The van der Waals surface area contributed by atoms with Crippen molar-refractivity contribution in [2.75, 3.05) is 13.7 Å². The summed E-state index contributed by atoms with van der Waals surface area (Å²) in [6, 6.07) is 9.17. The van der Waals surface area contributed by atoms with E-state index in [1.807, 2.05) is 45.0 Å². The fourth-order valence-corrected chi connectivity index (χ4v) is 3.86. The second-order valence-corrected chi connectivity index (χ2v) is 11.9. The van der Waals surface area contributed by atoms with Gasteiger partial charge in [-0.15, -0.1) is 0 Å². The molecule has 0 bridgehead atoms. The normalized spacial score (nSPS) is 12.5. The highest BCUT2D eigenvalue weighted by Crippen LogP contribution is 2.34. The second kappa shape index (κ2) is 9.58. The summed E-state index contributed by atoms with van der Waals surface area (Å²) in [4.78, 5) is 18.1. The quantitative estimate of drug-likeness (QED) is 0.323. The lowest BCUT2D eigenvalue weighted by atomic mass is 9.95. The lowest BCUT2D eigenvalue weighted by molar-refractivity contribution is 0.191. The summed E-state index contributed by atoms with van der Waals surface area (Å²) in [6.07, 6.45) is 1.63. The van der Waals surface area contributed by atoms with Crippen LogP contribution in [0.5, 0.6) is 11.5 Å². The third-order valence-corrected chi connectivity index (χ3v) is 5.92. The van der Waals surface area contributed by atoms with Crippen LogP contribution in [0.2, 0.25) is 0 Å². The third-order valence-electron chi connectivity index (χ3n) is 4.74. The molecule has 0 atom stereocenters. The standard InChI is InChI=1S/C25H29Br2N3O3/c1-24(2,3)14-33-21-12-18(27)15(10-20(21)32-7)13-28-30-22(31)17-11-16(26)8-9-19(17)29-23(30)25(4,5)6/h8-13H,14H2,1-7H3. The first-order valence-electron chi connectivity index (χ1n) is 10.6. The van der Waals surface area contributed by atoms with Gasteiger partial charge >= 0.3 is 0 Å². The fourth-order valence-electron chi connectivity index (χ4n) is 3.08. The lowest BCUT2D eigenvalue weighted by Gasteiger charge is -2.21. The third kappa shape index (κ3) is 6.03. The van der Waals surface area contributed by atoms with Crippen LogP contribution >= 0.6 is 31.9 Å². The van der Waals surface area contributed by atoms with Gasteiger partial charge in [0.2, 0.25) is 0 Å². The molecule has 3 aromatic rings. The van der Waals surface area contributed by atoms with E-state index in [1.54, 1.807) is 19.4 Å². The first-order valence-corrected chi connectivity index (χ1v) is 12.2. The molecule has 0 spiro atoms. The monoisotopic (exact) mass is 577 g/mol. The molecule has 0 aliphatic rings. The van der Waals surface area contributed by atoms with E-state index in [9.17, 15) is 4.79 Å². The van der Waals surface area contributed by atoms with Crippen LogP contribution in [-0.4, -0.2) is 29.6 Å². The lowest BCUT2D eigenvalue weighted by Crippen LogP contribution is -2.29. The number of benzene rings is 2. The summed E-state index contributed by atoms with van der Waals surface area (Å²) in [5.41, 5.74) is 0.784. The Morgan fingerprint density at radius 1 is 1.06 bits per heavy atom. The number of hydrogen-bond donors (Lipinski definition) is 0. The van der Waals surface area contributed by atoms with E-state index in [1.165, 1.54) is 4.68 Å². The van der Waals surface area contributed by atoms with Crippen LogP contribution in [0.3, 0.4) is 0 Å². The number of rotatable bonds is 5. The first-order chi connectivity index (χ1) is 15.3. The van der Waals surface area contributed by atoms with Gasteiger partial charge in [0.1, 0.15) is 5.82 Å². The summed E-state index contributed by atoms with van der Waals surface area (Å²) < 4.78 is 14.5. The van der Waals surface area contributed by atoms with E-state index in [4.69, 9.17) is 14.5 Å². The van der Waals surface area contributed by atoms with Crippen molar-refractivity contribution in [3.8, 4) is 11.5 Å². The van der Waals surface area contributed by atoms with Gasteiger partial charge in [-0.2, -0.15) is 9.78 Å². The average molecular weight is 579 g/mol. The maximum Gasteiger partial charge on any atom is 0.282 e. The van der Waals surface area contributed by atoms with Crippen molar-refractivity contribution < 1.29 is 9.47 Å². The van der Waals surface area contributed by atoms with Crippen LogP contribution in [0.15, 0.2) is 49.2 Å². The van der Waals surface area contributed by atoms with Crippen molar-refractivity contribution in [2.45, 2.75) is 47.0 Å². The predicted octanol–water partition coefficient (Wildman–Crippen LogP) is 6.53. The van der Waals surface area contributed by atoms with Crippen molar-refractivity contribution in [3.05, 3.63) is 61.0 Å². The maximum atomic E-state index is 13.3. The molecule has 33 heavy (non-hydrogen) atoms.